The normalized spacial score (nSPS) is 11.4. The summed E-state index contributed by atoms with van der Waals surface area (Å²) in [5.74, 6) is 1.47. The van der Waals surface area contributed by atoms with E-state index in [-0.39, 0.29) is 11.2 Å². The van der Waals surface area contributed by atoms with Crippen LogP contribution in [0.25, 0.3) is 5.65 Å². The van der Waals surface area contributed by atoms with Gasteiger partial charge in [0.25, 0.3) is 0 Å². The summed E-state index contributed by atoms with van der Waals surface area (Å²) in [5, 5.41) is 9.19. The number of carbonyl (C=O) groups excluding carboxylic acids is 2. The minimum Gasteiger partial charge on any atom is -0.497 e. The van der Waals surface area contributed by atoms with Crippen molar-refractivity contribution in [2.75, 3.05) is 17.7 Å². The molecule has 9 nitrogen and oxygen atoms in total. The van der Waals surface area contributed by atoms with Crippen molar-refractivity contribution in [3.63, 3.8) is 0 Å². The second-order valence-electron chi connectivity index (χ2n) is 8.25. The monoisotopic (exact) mass is 433 g/mol. The first-order valence-corrected chi connectivity index (χ1v) is 9.95. The molecule has 2 N–H and O–H groups in total. The highest BCUT2D eigenvalue weighted by atomic mass is 16.5. The second-order valence-corrected chi connectivity index (χ2v) is 8.25. The topological polar surface area (TPSA) is 111 Å². The zero-order chi connectivity index (χ0) is 22.9. The van der Waals surface area contributed by atoms with Gasteiger partial charge < -0.3 is 14.6 Å². The number of hydrogen-bond donors (Lipinski definition) is 2. The van der Waals surface area contributed by atoms with Gasteiger partial charge in [-0.1, -0.05) is 25.9 Å². The average Bonchev–Trinajstić information content (AvgIpc) is 3.40. The van der Waals surface area contributed by atoms with Gasteiger partial charge in [-0.15, -0.1) is 0 Å². The number of hydrogen-bond acceptors (Lipinski definition) is 6. The largest absolute Gasteiger partial charge is 0.497 e. The average molecular weight is 433 g/mol. The molecule has 32 heavy (non-hydrogen) atoms. The molecule has 0 fully saturated rings. The molecule has 0 spiro atoms. The van der Waals surface area contributed by atoms with E-state index in [1.807, 2.05) is 20.8 Å². The molecule has 0 saturated heterocycles. The maximum Gasteiger partial charge on any atom is 0.324 e. The molecule has 0 unspecified atom stereocenters. The number of imidazole rings is 1. The smallest absolute Gasteiger partial charge is 0.324 e. The molecule has 0 aliphatic rings. The Morgan fingerprint density at radius 3 is 2.47 bits per heavy atom. The van der Waals surface area contributed by atoms with Crippen molar-refractivity contribution in [2.24, 2.45) is 0 Å². The van der Waals surface area contributed by atoms with Gasteiger partial charge in [0, 0.05) is 35.0 Å². The number of carbonyl (C=O) groups is 2. The van der Waals surface area contributed by atoms with Gasteiger partial charge in [-0.2, -0.15) is 0 Å². The second kappa shape index (κ2) is 8.18. The van der Waals surface area contributed by atoms with Crippen LogP contribution in [0, 0.1) is 0 Å². The number of methoxy groups -OCH3 is 1. The van der Waals surface area contributed by atoms with Crippen LogP contribution in [0.15, 0.2) is 59.4 Å². The minimum atomic E-state index is -0.464. The van der Waals surface area contributed by atoms with Gasteiger partial charge in [-0.05, 0) is 30.3 Å². The number of fused-ring (bicyclic) bond motifs is 1. The number of rotatable bonds is 5. The Labute approximate surface area is 184 Å². The molecule has 2 amide bonds. The first-order valence-electron chi connectivity index (χ1n) is 9.95. The fourth-order valence-corrected chi connectivity index (χ4v) is 3.08. The van der Waals surface area contributed by atoms with Crippen molar-refractivity contribution in [1.29, 1.82) is 0 Å². The summed E-state index contributed by atoms with van der Waals surface area (Å²) in [6.07, 6.45) is 3.27. The maximum absolute atomic E-state index is 12.9. The number of ether oxygens (including phenoxy) is 1. The zero-order valence-electron chi connectivity index (χ0n) is 18.2. The first-order chi connectivity index (χ1) is 15.2. The third kappa shape index (κ3) is 4.31. The highest BCUT2D eigenvalue weighted by Crippen LogP contribution is 2.24. The number of nitrogens with zero attached hydrogens (tertiary/aromatic N) is 3. The standard InChI is InChI=1S/C23H23N5O4/c1-23(2,3)18-12-19(27-32-18)26-22(30)25-15-7-5-14(6-8-15)21(29)17-13-24-20-11-16(31-4)9-10-28(17)20/h5-13H,1-4H3,(H2,25,26,27,30). The molecule has 4 rings (SSSR count). The van der Waals surface area contributed by atoms with E-state index in [2.05, 4.69) is 20.8 Å². The molecule has 0 bridgehead atoms. The summed E-state index contributed by atoms with van der Waals surface area (Å²) in [6, 6.07) is 11.3. The van der Waals surface area contributed by atoms with E-state index in [1.165, 1.54) is 6.20 Å². The maximum atomic E-state index is 12.9. The predicted octanol–water partition coefficient (Wildman–Crippen LogP) is 4.50. The zero-order valence-corrected chi connectivity index (χ0v) is 18.2. The Kier molecular flexibility index (Phi) is 5.40. The van der Waals surface area contributed by atoms with Gasteiger partial charge in [0.15, 0.2) is 5.82 Å². The van der Waals surface area contributed by atoms with E-state index in [9.17, 15) is 9.59 Å². The Bertz CT molecular complexity index is 1280. The highest BCUT2D eigenvalue weighted by molar-refractivity contribution is 6.08. The Balaban J connectivity index is 1.43. The number of ketones is 1. The molecule has 0 atom stereocenters. The summed E-state index contributed by atoms with van der Waals surface area (Å²) >= 11 is 0. The predicted molar refractivity (Wildman–Crippen MR) is 119 cm³/mol. The lowest BCUT2D eigenvalue weighted by Crippen LogP contribution is -2.19. The SMILES string of the molecule is COc1ccn2c(C(=O)c3ccc(NC(=O)Nc4cc(C(C)(C)C)on4)cc3)cnc2c1. The Hall–Kier alpha value is -4.14. The first kappa shape index (κ1) is 21.1. The van der Waals surface area contributed by atoms with Gasteiger partial charge in [0.1, 0.15) is 22.9 Å². The van der Waals surface area contributed by atoms with E-state index >= 15 is 0 Å². The lowest BCUT2D eigenvalue weighted by atomic mass is 9.93. The van der Waals surface area contributed by atoms with Crippen LogP contribution in [0.2, 0.25) is 0 Å². The molecule has 0 aliphatic heterocycles. The van der Waals surface area contributed by atoms with E-state index in [4.69, 9.17) is 9.26 Å². The molecule has 1 aromatic carbocycles. The van der Waals surface area contributed by atoms with Crippen LogP contribution in [-0.2, 0) is 5.41 Å². The molecule has 3 heterocycles. The Morgan fingerprint density at radius 2 is 1.81 bits per heavy atom. The third-order valence-electron chi connectivity index (χ3n) is 4.85. The molecule has 0 aliphatic carbocycles. The van der Waals surface area contributed by atoms with Crippen LogP contribution in [0.1, 0.15) is 42.6 Å². The molecular weight excluding hydrogens is 410 g/mol. The summed E-state index contributed by atoms with van der Waals surface area (Å²) in [6.45, 7) is 5.97. The Morgan fingerprint density at radius 1 is 1.06 bits per heavy atom. The van der Waals surface area contributed by atoms with Crippen LogP contribution in [0.5, 0.6) is 5.75 Å². The molecule has 0 radical (unpaired) electrons. The molecule has 0 saturated carbocycles. The number of aromatic nitrogens is 3. The fraction of sp³-hybridized carbons (Fsp3) is 0.217. The van der Waals surface area contributed by atoms with E-state index in [0.717, 1.165) is 0 Å². The lowest BCUT2D eigenvalue weighted by molar-refractivity contribution is 0.103. The van der Waals surface area contributed by atoms with Crippen molar-refractivity contribution < 1.29 is 18.8 Å². The molecule has 4 aromatic rings. The van der Waals surface area contributed by atoms with Crippen molar-refractivity contribution in [3.8, 4) is 5.75 Å². The van der Waals surface area contributed by atoms with E-state index in [0.29, 0.717) is 39.9 Å². The molecule has 3 aromatic heterocycles. The fourth-order valence-electron chi connectivity index (χ4n) is 3.08. The number of urea groups is 1. The quantitative estimate of drug-likeness (QED) is 0.448. The van der Waals surface area contributed by atoms with Gasteiger partial charge >= 0.3 is 6.03 Å². The summed E-state index contributed by atoms with van der Waals surface area (Å²) in [7, 11) is 1.57. The van der Waals surface area contributed by atoms with Crippen LogP contribution < -0.4 is 15.4 Å². The van der Waals surface area contributed by atoms with Crippen LogP contribution in [0.4, 0.5) is 16.3 Å². The molecular formula is C23H23N5O4. The van der Waals surface area contributed by atoms with E-state index < -0.39 is 6.03 Å². The van der Waals surface area contributed by atoms with Crippen LogP contribution in [0.3, 0.4) is 0 Å². The number of amides is 2. The van der Waals surface area contributed by atoms with Gasteiger partial charge in [-0.3, -0.25) is 14.5 Å². The molecule has 9 heteroatoms. The van der Waals surface area contributed by atoms with Crippen molar-refractivity contribution >= 4 is 29.0 Å². The highest BCUT2D eigenvalue weighted by Gasteiger charge is 2.20. The number of anilines is 2. The van der Waals surface area contributed by atoms with Crippen molar-refractivity contribution in [1.82, 2.24) is 14.5 Å². The van der Waals surface area contributed by atoms with Crippen molar-refractivity contribution in [2.45, 2.75) is 26.2 Å². The van der Waals surface area contributed by atoms with Crippen LogP contribution >= 0.6 is 0 Å². The summed E-state index contributed by atoms with van der Waals surface area (Å²) in [5.41, 5.74) is 1.84. The summed E-state index contributed by atoms with van der Waals surface area (Å²) < 4.78 is 12.1. The lowest BCUT2D eigenvalue weighted by Gasteiger charge is -2.12. The van der Waals surface area contributed by atoms with Gasteiger partial charge in [-0.25, -0.2) is 9.78 Å². The van der Waals surface area contributed by atoms with Gasteiger partial charge in [0.2, 0.25) is 5.78 Å². The van der Waals surface area contributed by atoms with E-state index in [1.54, 1.807) is 60.2 Å². The van der Waals surface area contributed by atoms with Gasteiger partial charge in [0.05, 0.1) is 13.3 Å². The summed E-state index contributed by atoms with van der Waals surface area (Å²) in [4.78, 5) is 29.4. The van der Waals surface area contributed by atoms with Crippen molar-refractivity contribution in [3.05, 3.63) is 71.9 Å². The number of pyridine rings is 1. The number of benzene rings is 1. The third-order valence-corrected chi connectivity index (χ3v) is 4.85. The minimum absolute atomic E-state index is 0.184. The number of nitrogens with one attached hydrogen (secondary N) is 2. The van der Waals surface area contributed by atoms with Crippen LogP contribution in [-0.4, -0.2) is 33.5 Å². The molecule has 164 valence electrons.